The van der Waals surface area contributed by atoms with Gasteiger partial charge < -0.3 is 23.4 Å². The first kappa shape index (κ1) is 24.3. The number of esters is 1. The Labute approximate surface area is 218 Å². The van der Waals surface area contributed by atoms with E-state index in [9.17, 15) is 9.59 Å². The molecular weight excluding hydrogens is 472 g/mol. The SMILES string of the molecule is CCCCC(=O)Oc1oc(C(=O)CCCC)c2c1CC[C@@]1(C)[C@H]2C[C@@H]2O[C@@]23C[C@@]2(C(C)C)O[C@H]2[C@@H]2O[C@]213. The average molecular weight is 513 g/mol. The number of carbonyl (C=O) groups excluding carboxylic acids is 2. The Morgan fingerprint density at radius 1 is 1.05 bits per heavy atom. The van der Waals surface area contributed by atoms with Crippen LogP contribution in [0.4, 0.5) is 0 Å². The van der Waals surface area contributed by atoms with E-state index < -0.39 is 0 Å². The Bertz CT molecular complexity index is 1170. The van der Waals surface area contributed by atoms with Gasteiger partial charge in [-0.1, -0.05) is 47.5 Å². The van der Waals surface area contributed by atoms with Gasteiger partial charge >= 0.3 is 5.97 Å². The first-order chi connectivity index (χ1) is 17.7. The van der Waals surface area contributed by atoms with Crippen LogP contribution in [0.1, 0.15) is 120 Å². The molecule has 0 N–H and O–H groups in total. The lowest BCUT2D eigenvalue weighted by Crippen LogP contribution is -2.62. The van der Waals surface area contributed by atoms with E-state index >= 15 is 0 Å². The fourth-order valence-electron chi connectivity index (χ4n) is 8.73. The Balaban J connectivity index is 1.27. The van der Waals surface area contributed by atoms with Crippen LogP contribution in [0.2, 0.25) is 0 Å². The van der Waals surface area contributed by atoms with Crippen molar-refractivity contribution in [2.45, 2.75) is 140 Å². The van der Waals surface area contributed by atoms with E-state index in [0.29, 0.717) is 30.9 Å². The van der Waals surface area contributed by atoms with Crippen LogP contribution in [0.5, 0.6) is 5.95 Å². The van der Waals surface area contributed by atoms with Gasteiger partial charge in [0, 0.05) is 35.8 Å². The number of ether oxygens (including phenoxy) is 4. The lowest BCUT2D eigenvalue weighted by Gasteiger charge is -2.52. The predicted molar refractivity (Wildman–Crippen MR) is 134 cm³/mol. The largest absolute Gasteiger partial charge is 0.422 e. The van der Waals surface area contributed by atoms with Gasteiger partial charge in [0.15, 0.2) is 11.5 Å². The maximum atomic E-state index is 13.4. The van der Waals surface area contributed by atoms with Crippen molar-refractivity contribution >= 4 is 11.8 Å². The van der Waals surface area contributed by atoms with Gasteiger partial charge in [0.05, 0.1) is 6.10 Å². The average Bonchev–Trinajstić information content (AvgIpc) is 3.78. The third-order valence-corrected chi connectivity index (χ3v) is 10.9. The molecule has 3 aliphatic heterocycles. The van der Waals surface area contributed by atoms with Crippen molar-refractivity contribution in [1.29, 1.82) is 0 Å². The first-order valence-electron chi connectivity index (χ1n) is 14.6. The van der Waals surface area contributed by atoms with Crippen LogP contribution in [0.15, 0.2) is 4.42 Å². The summed E-state index contributed by atoms with van der Waals surface area (Å²) in [4.78, 5) is 26.0. The summed E-state index contributed by atoms with van der Waals surface area (Å²) in [5, 5.41) is 0. The minimum absolute atomic E-state index is 0.00511. The maximum Gasteiger partial charge on any atom is 0.313 e. The molecule has 37 heavy (non-hydrogen) atoms. The van der Waals surface area contributed by atoms with E-state index in [4.69, 9.17) is 23.4 Å². The molecule has 0 bridgehead atoms. The molecule has 5 fully saturated rings. The van der Waals surface area contributed by atoms with Gasteiger partial charge in [-0.2, -0.15) is 0 Å². The molecule has 2 spiro atoms. The maximum absolute atomic E-state index is 13.4. The van der Waals surface area contributed by atoms with Gasteiger partial charge in [0.1, 0.15) is 29.0 Å². The molecule has 6 aliphatic rings. The first-order valence-corrected chi connectivity index (χ1v) is 14.6. The quantitative estimate of drug-likeness (QED) is 0.239. The second-order valence-corrected chi connectivity index (χ2v) is 13.0. The molecule has 202 valence electrons. The zero-order valence-electron chi connectivity index (χ0n) is 22.8. The fraction of sp³-hybridized carbons (Fsp3) is 0.800. The van der Waals surface area contributed by atoms with Crippen LogP contribution in [0, 0.1) is 11.3 Å². The minimum atomic E-state index is -0.385. The van der Waals surface area contributed by atoms with E-state index in [-0.39, 0.29) is 64.1 Å². The summed E-state index contributed by atoms with van der Waals surface area (Å²) in [5.41, 5.74) is 0.855. The molecule has 7 rings (SSSR count). The minimum Gasteiger partial charge on any atom is -0.422 e. The van der Waals surface area contributed by atoms with Crippen LogP contribution in [-0.4, -0.2) is 46.9 Å². The summed E-state index contributed by atoms with van der Waals surface area (Å²) >= 11 is 0. The molecule has 4 heterocycles. The van der Waals surface area contributed by atoms with Gasteiger partial charge in [0.2, 0.25) is 0 Å². The van der Waals surface area contributed by atoms with Crippen molar-refractivity contribution in [1.82, 2.24) is 0 Å². The number of carbonyl (C=O) groups is 2. The van der Waals surface area contributed by atoms with Crippen molar-refractivity contribution in [2.24, 2.45) is 11.3 Å². The topological polar surface area (TPSA) is 94.1 Å². The van der Waals surface area contributed by atoms with Crippen molar-refractivity contribution in [2.75, 3.05) is 0 Å². The molecule has 0 unspecified atom stereocenters. The standard InChI is InChI=1S/C30H40O7/c1-6-8-10-19(31)23-22-17(26(34-23)33-21(32)11-9-7-2)12-13-27(5)18(22)14-20-29(35-20)15-28(16(3)4)24(36-28)25-30(27,29)37-25/h16,18,20,24-25H,6-15H2,1-5H3/t18-,20-,24-,25-,27-,28-,29-,30+/m0/s1. The number of Topliss-reactive ketones (excluding diaryl/α,β-unsaturated/α-hetero) is 1. The van der Waals surface area contributed by atoms with E-state index in [1.54, 1.807) is 0 Å². The highest BCUT2D eigenvalue weighted by atomic mass is 16.7. The van der Waals surface area contributed by atoms with Crippen LogP contribution in [-0.2, 0) is 25.4 Å². The molecule has 3 saturated heterocycles. The molecule has 1 aromatic heterocycles. The second kappa shape index (κ2) is 7.70. The van der Waals surface area contributed by atoms with Gasteiger partial charge in [0.25, 0.3) is 5.95 Å². The smallest absolute Gasteiger partial charge is 0.313 e. The van der Waals surface area contributed by atoms with Gasteiger partial charge in [-0.05, 0) is 43.9 Å². The third-order valence-electron chi connectivity index (χ3n) is 10.9. The molecule has 0 amide bonds. The summed E-state index contributed by atoms with van der Waals surface area (Å²) in [6.45, 7) is 11.0. The second-order valence-electron chi connectivity index (χ2n) is 13.0. The monoisotopic (exact) mass is 512 g/mol. The zero-order chi connectivity index (χ0) is 26.0. The van der Waals surface area contributed by atoms with E-state index in [1.807, 2.05) is 6.92 Å². The lowest BCUT2D eigenvalue weighted by molar-refractivity contribution is -0.135. The van der Waals surface area contributed by atoms with Crippen molar-refractivity contribution in [3.05, 3.63) is 16.9 Å². The van der Waals surface area contributed by atoms with Crippen molar-refractivity contribution < 1.29 is 33.0 Å². The summed E-state index contributed by atoms with van der Waals surface area (Å²) in [6, 6.07) is 0. The van der Waals surface area contributed by atoms with Gasteiger partial charge in [-0.3, -0.25) is 9.59 Å². The molecule has 1 aromatic rings. The summed E-state index contributed by atoms with van der Waals surface area (Å²) < 4.78 is 31.7. The number of hydrogen-bond donors (Lipinski definition) is 0. The van der Waals surface area contributed by atoms with Crippen LogP contribution in [0.25, 0.3) is 0 Å². The van der Waals surface area contributed by atoms with E-state index in [0.717, 1.165) is 56.1 Å². The highest BCUT2D eigenvalue weighted by Gasteiger charge is 2.97. The van der Waals surface area contributed by atoms with Crippen molar-refractivity contribution in [3.63, 3.8) is 0 Å². The number of ketones is 1. The van der Waals surface area contributed by atoms with E-state index in [2.05, 4.69) is 27.7 Å². The van der Waals surface area contributed by atoms with Gasteiger partial charge in [-0.15, -0.1) is 0 Å². The number of fused-ring (bicyclic) bond motifs is 5. The molecule has 8 atom stereocenters. The Hall–Kier alpha value is -1.70. The van der Waals surface area contributed by atoms with Crippen LogP contribution in [0.3, 0.4) is 0 Å². The fourth-order valence-corrected chi connectivity index (χ4v) is 8.73. The molecule has 7 heteroatoms. The summed E-state index contributed by atoms with van der Waals surface area (Å²) in [5.74, 6) is 0.828. The van der Waals surface area contributed by atoms with Crippen LogP contribution < -0.4 is 4.74 Å². The normalized spacial score (nSPS) is 43.5. The highest BCUT2D eigenvalue weighted by molar-refractivity contribution is 5.96. The molecule has 7 nitrogen and oxygen atoms in total. The Kier molecular flexibility index (Phi) is 5.06. The number of furan rings is 1. The molecule has 0 aromatic carbocycles. The van der Waals surface area contributed by atoms with Crippen molar-refractivity contribution in [3.8, 4) is 5.95 Å². The Morgan fingerprint density at radius 2 is 1.81 bits per heavy atom. The predicted octanol–water partition coefficient (Wildman–Crippen LogP) is 5.66. The zero-order valence-corrected chi connectivity index (χ0v) is 22.8. The number of rotatable bonds is 9. The number of unbranched alkanes of at least 4 members (excludes halogenated alkanes) is 2. The highest BCUT2D eigenvalue weighted by Crippen LogP contribution is 2.83. The molecular formula is C30H40O7. The number of hydrogen-bond acceptors (Lipinski definition) is 7. The summed E-state index contributed by atoms with van der Waals surface area (Å²) in [7, 11) is 0. The third kappa shape index (κ3) is 2.89. The molecule has 0 radical (unpaired) electrons. The number of epoxide rings is 3. The molecule has 3 aliphatic carbocycles. The lowest BCUT2D eigenvalue weighted by atomic mass is 9.47. The Morgan fingerprint density at radius 3 is 2.54 bits per heavy atom. The van der Waals surface area contributed by atoms with Gasteiger partial charge in [-0.25, -0.2) is 0 Å². The molecule has 2 saturated carbocycles. The van der Waals surface area contributed by atoms with E-state index in [1.165, 1.54) is 0 Å². The summed E-state index contributed by atoms with van der Waals surface area (Å²) in [6.07, 6.45) is 7.78. The van der Waals surface area contributed by atoms with Crippen LogP contribution >= 0.6 is 0 Å².